The highest BCUT2D eigenvalue weighted by Crippen LogP contribution is 2.22. The van der Waals surface area contributed by atoms with Crippen LogP contribution in [0.1, 0.15) is 24.2 Å². The molecule has 0 aliphatic carbocycles. The van der Waals surface area contributed by atoms with E-state index in [-0.39, 0.29) is 0 Å². The van der Waals surface area contributed by atoms with Gasteiger partial charge in [-0.1, -0.05) is 23.7 Å². The average molecular weight is 317 g/mol. The second kappa shape index (κ2) is 6.53. The summed E-state index contributed by atoms with van der Waals surface area (Å²) in [5.74, 6) is 1.66. The van der Waals surface area contributed by atoms with Crippen molar-refractivity contribution in [1.29, 1.82) is 0 Å². The quantitative estimate of drug-likeness (QED) is 0.874. The Morgan fingerprint density at radius 2 is 1.91 bits per heavy atom. The Morgan fingerprint density at radius 3 is 2.59 bits per heavy atom. The van der Waals surface area contributed by atoms with Crippen molar-refractivity contribution in [3.05, 3.63) is 46.9 Å². The third kappa shape index (κ3) is 3.69. The molecule has 1 saturated heterocycles. The van der Waals surface area contributed by atoms with Crippen LogP contribution < -0.4 is 10.2 Å². The van der Waals surface area contributed by atoms with Crippen molar-refractivity contribution in [2.45, 2.75) is 32.7 Å². The monoisotopic (exact) mass is 316 g/mol. The first-order chi connectivity index (χ1) is 10.6. The second-order valence-electron chi connectivity index (χ2n) is 5.87. The summed E-state index contributed by atoms with van der Waals surface area (Å²) in [5, 5.41) is 4.15. The van der Waals surface area contributed by atoms with Crippen LogP contribution >= 0.6 is 11.6 Å². The normalized spacial score (nSPS) is 15.9. The summed E-state index contributed by atoms with van der Waals surface area (Å²) < 4.78 is 0. The molecule has 0 spiro atoms. The largest absolute Gasteiger partial charge is 0.382 e. The van der Waals surface area contributed by atoms with Crippen molar-refractivity contribution in [1.82, 2.24) is 9.97 Å². The molecule has 4 nitrogen and oxygen atoms in total. The molecule has 0 bridgehead atoms. The standard InChI is InChI=1S/C17H21ClN4/c1-12-4-3-5-15(10-12)21-14-6-8-22(9-7-14)17-11-16(18)19-13(2)20-17/h3-5,10-11,14,21H,6-9H2,1-2H3. The molecule has 1 fully saturated rings. The first-order valence-electron chi connectivity index (χ1n) is 7.69. The number of halogens is 1. The summed E-state index contributed by atoms with van der Waals surface area (Å²) in [6.45, 7) is 5.96. The molecule has 1 N–H and O–H groups in total. The van der Waals surface area contributed by atoms with Gasteiger partial charge in [0.1, 0.15) is 16.8 Å². The molecule has 3 rings (SSSR count). The van der Waals surface area contributed by atoms with Crippen molar-refractivity contribution in [2.75, 3.05) is 23.3 Å². The number of anilines is 2. The molecule has 116 valence electrons. The molecule has 2 heterocycles. The van der Waals surface area contributed by atoms with Gasteiger partial charge in [-0.2, -0.15) is 0 Å². The predicted octanol–water partition coefficient (Wildman–Crippen LogP) is 3.83. The third-order valence-corrected chi connectivity index (χ3v) is 4.19. The molecule has 1 aliphatic heterocycles. The Balaban J connectivity index is 1.60. The van der Waals surface area contributed by atoms with E-state index in [4.69, 9.17) is 11.6 Å². The van der Waals surface area contributed by atoms with E-state index in [9.17, 15) is 0 Å². The number of aromatic nitrogens is 2. The van der Waals surface area contributed by atoms with E-state index in [1.54, 1.807) is 0 Å². The van der Waals surface area contributed by atoms with E-state index in [0.717, 1.165) is 37.6 Å². The molecule has 1 aliphatic rings. The van der Waals surface area contributed by atoms with Crippen LogP contribution in [0.4, 0.5) is 11.5 Å². The third-order valence-electron chi connectivity index (χ3n) is 4.00. The number of hydrogen-bond donors (Lipinski definition) is 1. The zero-order valence-electron chi connectivity index (χ0n) is 13.0. The molecule has 1 aromatic carbocycles. The maximum Gasteiger partial charge on any atom is 0.134 e. The van der Waals surface area contributed by atoms with Crippen LogP contribution in [-0.2, 0) is 0 Å². The lowest BCUT2D eigenvalue weighted by Crippen LogP contribution is -2.39. The number of benzene rings is 1. The van der Waals surface area contributed by atoms with Crippen LogP contribution in [0.2, 0.25) is 5.15 Å². The minimum atomic E-state index is 0.511. The summed E-state index contributed by atoms with van der Waals surface area (Å²) >= 11 is 6.03. The lowest BCUT2D eigenvalue weighted by atomic mass is 10.0. The molecule has 22 heavy (non-hydrogen) atoms. The van der Waals surface area contributed by atoms with E-state index >= 15 is 0 Å². The molecule has 0 atom stereocenters. The van der Waals surface area contributed by atoms with Crippen molar-refractivity contribution >= 4 is 23.1 Å². The molecule has 2 aromatic rings. The number of rotatable bonds is 3. The zero-order valence-corrected chi connectivity index (χ0v) is 13.8. The zero-order chi connectivity index (χ0) is 15.5. The predicted molar refractivity (Wildman–Crippen MR) is 91.8 cm³/mol. The van der Waals surface area contributed by atoms with Gasteiger partial charge in [-0.05, 0) is 44.4 Å². The highest BCUT2D eigenvalue weighted by molar-refractivity contribution is 6.29. The van der Waals surface area contributed by atoms with Gasteiger partial charge in [0.05, 0.1) is 0 Å². The van der Waals surface area contributed by atoms with E-state index in [0.29, 0.717) is 11.2 Å². The minimum Gasteiger partial charge on any atom is -0.382 e. The van der Waals surface area contributed by atoms with Crippen LogP contribution in [0.25, 0.3) is 0 Å². The molecule has 0 saturated carbocycles. The first kappa shape index (κ1) is 15.1. The van der Waals surface area contributed by atoms with Crippen LogP contribution in [0.15, 0.2) is 30.3 Å². The minimum absolute atomic E-state index is 0.511. The molecular formula is C17H21ClN4. The van der Waals surface area contributed by atoms with Gasteiger partial charge >= 0.3 is 0 Å². The summed E-state index contributed by atoms with van der Waals surface area (Å²) in [6, 6.07) is 10.9. The summed E-state index contributed by atoms with van der Waals surface area (Å²) in [4.78, 5) is 10.9. The van der Waals surface area contributed by atoms with Crippen LogP contribution in [0, 0.1) is 13.8 Å². The molecule has 0 radical (unpaired) electrons. The lowest BCUT2D eigenvalue weighted by molar-refractivity contribution is 0.523. The van der Waals surface area contributed by atoms with Gasteiger partial charge in [-0.25, -0.2) is 9.97 Å². The fourth-order valence-corrected chi connectivity index (χ4v) is 3.12. The average Bonchev–Trinajstić information content (AvgIpc) is 2.47. The Bertz CT molecular complexity index is 631. The molecule has 5 heteroatoms. The first-order valence-corrected chi connectivity index (χ1v) is 8.07. The van der Waals surface area contributed by atoms with E-state index in [2.05, 4.69) is 51.4 Å². The smallest absolute Gasteiger partial charge is 0.134 e. The van der Waals surface area contributed by atoms with Gasteiger partial charge < -0.3 is 10.2 Å². The van der Waals surface area contributed by atoms with E-state index in [1.807, 2.05) is 13.0 Å². The van der Waals surface area contributed by atoms with Gasteiger partial charge in [-0.3, -0.25) is 0 Å². The number of nitrogens with zero attached hydrogens (tertiary/aromatic N) is 3. The number of hydrogen-bond acceptors (Lipinski definition) is 4. The Morgan fingerprint density at radius 1 is 1.14 bits per heavy atom. The lowest BCUT2D eigenvalue weighted by Gasteiger charge is -2.33. The highest BCUT2D eigenvalue weighted by Gasteiger charge is 2.20. The number of nitrogens with one attached hydrogen (secondary N) is 1. The number of piperidine rings is 1. The summed E-state index contributed by atoms with van der Waals surface area (Å²) in [7, 11) is 0. The fourth-order valence-electron chi connectivity index (χ4n) is 2.90. The number of aryl methyl sites for hydroxylation is 2. The summed E-state index contributed by atoms with van der Waals surface area (Å²) in [6.07, 6.45) is 2.18. The Labute approximate surface area is 136 Å². The SMILES string of the molecule is Cc1cccc(NC2CCN(c3cc(Cl)nc(C)n3)CC2)c1. The maximum absolute atomic E-state index is 6.03. The van der Waals surface area contributed by atoms with Gasteiger partial charge in [0.25, 0.3) is 0 Å². The van der Waals surface area contributed by atoms with Crippen molar-refractivity contribution in [3.63, 3.8) is 0 Å². The Hall–Kier alpha value is -1.81. The van der Waals surface area contributed by atoms with Crippen LogP contribution in [-0.4, -0.2) is 29.1 Å². The van der Waals surface area contributed by atoms with Crippen molar-refractivity contribution < 1.29 is 0 Å². The van der Waals surface area contributed by atoms with Gasteiger partial charge in [0.15, 0.2) is 0 Å². The van der Waals surface area contributed by atoms with Crippen LogP contribution in [0.5, 0.6) is 0 Å². The van der Waals surface area contributed by atoms with Gasteiger partial charge in [0.2, 0.25) is 0 Å². The van der Waals surface area contributed by atoms with Crippen molar-refractivity contribution in [2.24, 2.45) is 0 Å². The maximum atomic E-state index is 6.03. The molecule has 1 aromatic heterocycles. The van der Waals surface area contributed by atoms with Crippen molar-refractivity contribution in [3.8, 4) is 0 Å². The van der Waals surface area contributed by atoms with Crippen LogP contribution in [0.3, 0.4) is 0 Å². The highest BCUT2D eigenvalue weighted by atomic mass is 35.5. The fraction of sp³-hybridized carbons (Fsp3) is 0.412. The summed E-state index contributed by atoms with van der Waals surface area (Å²) in [5.41, 5.74) is 2.49. The molecule has 0 amide bonds. The topological polar surface area (TPSA) is 41.0 Å². The Kier molecular flexibility index (Phi) is 4.48. The van der Waals surface area contributed by atoms with E-state index in [1.165, 1.54) is 11.3 Å². The van der Waals surface area contributed by atoms with E-state index < -0.39 is 0 Å². The second-order valence-corrected chi connectivity index (χ2v) is 6.26. The van der Waals surface area contributed by atoms with Gasteiger partial charge in [0, 0.05) is 30.9 Å². The van der Waals surface area contributed by atoms with Gasteiger partial charge in [-0.15, -0.1) is 0 Å². The molecule has 0 unspecified atom stereocenters. The molecular weight excluding hydrogens is 296 g/mol.